The Labute approximate surface area is 186 Å². The maximum Gasteiger partial charge on any atom is 0.315 e. The monoisotopic (exact) mass is 438 g/mol. The van der Waals surface area contributed by atoms with E-state index in [-0.39, 0.29) is 12.5 Å². The van der Waals surface area contributed by atoms with Gasteiger partial charge in [-0.05, 0) is 25.0 Å². The van der Waals surface area contributed by atoms with E-state index in [9.17, 15) is 9.59 Å². The minimum atomic E-state index is -0.931. The molecule has 0 bridgehead atoms. The SMILES string of the molecule is CCCCCCOc1cccc(OCCCNC(=O)NC(CC(=O)O)C[N+](C)(C)C)c1. The number of amides is 2. The van der Waals surface area contributed by atoms with Gasteiger partial charge in [0.15, 0.2) is 0 Å². The number of nitrogens with one attached hydrogen (secondary N) is 2. The largest absolute Gasteiger partial charge is 0.493 e. The molecule has 2 amide bonds. The van der Waals surface area contributed by atoms with Crippen molar-refractivity contribution in [2.45, 2.75) is 51.5 Å². The normalized spacial score (nSPS) is 12.1. The molecule has 176 valence electrons. The number of carbonyl (C=O) groups is 2. The number of urea groups is 1. The summed E-state index contributed by atoms with van der Waals surface area (Å²) in [5, 5.41) is 14.6. The van der Waals surface area contributed by atoms with Crippen LogP contribution in [0.5, 0.6) is 11.5 Å². The molecule has 8 heteroatoms. The average Bonchev–Trinajstić information content (AvgIpc) is 2.66. The summed E-state index contributed by atoms with van der Waals surface area (Å²) >= 11 is 0. The van der Waals surface area contributed by atoms with E-state index in [1.165, 1.54) is 19.3 Å². The van der Waals surface area contributed by atoms with Crippen LogP contribution in [-0.4, -0.2) is 75.1 Å². The smallest absolute Gasteiger partial charge is 0.315 e. The predicted molar refractivity (Wildman–Crippen MR) is 122 cm³/mol. The number of rotatable bonds is 16. The van der Waals surface area contributed by atoms with Crippen LogP contribution in [-0.2, 0) is 4.79 Å². The van der Waals surface area contributed by atoms with Gasteiger partial charge in [-0.25, -0.2) is 4.79 Å². The molecule has 8 nitrogen and oxygen atoms in total. The van der Waals surface area contributed by atoms with Crippen LogP contribution in [0.4, 0.5) is 4.79 Å². The van der Waals surface area contributed by atoms with E-state index in [0.717, 1.165) is 17.9 Å². The van der Waals surface area contributed by atoms with E-state index in [4.69, 9.17) is 14.6 Å². The van der Waals surface area contributed by atoms with Gasteiger partial charge in [-0.15, -0.1) is 0 Å². The van der Waals surface area contributed by atoms with E-state index >= 15 is 0 Å². The minimum Gasteiger partial charge on any atom is -0.493 e. The lowest BCUT2D eigenvalue weighted by atomic mass is 10.2. The molecule has 0 spiro atoms. The lowest BCUT2D eigenvalue weighted by Gasteiger charge is -2.29. The van der Waals surface area contributed by atoms with Crippen molar-refractivity contribution in [2.24, 2.45) is 0 Å². The van der Waals surface area contributed by atoms with Gasteiger partial charge in [0.2, 0.25) is 0 Å². The molecule has 0 aromatic heterocycles. The Hall–Kier alpha value is -2.48. The van der Waals surface area contributed by atoms with Gasteiger partial charge in [0.25, 0.3) is 0 Å². The van der Waals surface area contributed by atoms with Gasteiger partial charge in [-0.3, -0.25) is 4.79 Å². The fourth-order valence-corrected chi connectivity index (χ4v) is 3.11. The lowest BCUT2D eigenvalue weighted by Crippen LogP contribution is -2.52. The van der Waals surface area contributed by atoms with Crippen LogP contribution in [0.15, 0.2) is 24.3 Å². The summed E-state index contributed by atoms with van der Waals surface area (Å²) in [7, 11) is 5.87. The zero-order valence-electron chi connectivity index (χ0n) is 19.5. The third-order valence-corrected chi connectivity index (χ3v) is 4.47. The predicted octanol–water partition coefficient (Wildman–Crippen LogP) is 3.26. The number of benzene rings is 1. The molecule has 0 radical (unpaired) electrons. The van der Waals surface area contributed by atoms with Crippen molar-refractivity contribution in [1.82, 2.24) is 10.6 Å². The third kappa shape index (κ3) is 14.2. The molecule has 1 aromatic rings. The van der Waals surface area contributed by atoms with Crippen LogP contribution in [0.1, 0.15) is 45.4 Å². The number of nitrogens with zero attached hydrogens (tertiary/aromatic N) is 1. The summed E-state index contributed by atoms with van der Waals surface area (Å²) in [5.41, 5.74) is 0. The van der Waals surface area contributed by atoms with E-state index in [0.29, 0.717) is 37.2 Å². The summed E-state index contributed by atoms with van der Waals surface area (Å²) in [6.07, 6.45) is 5.19. The van der Waals surface area contributed by atoms with Crippen LogP contribution < -0.4 is 20.1 Å². The van der Waals surface area contributed by atoms with E-state index in [1.807, 2.05) is 45.4 Å². The Kier molecular flexibility index (Phi) is 12.4. The number of ether oxygens (including phenoxy) is 2. The molecule has 0 aliphatic heterocycles. The molecule has 31 heavy (non-hydrogen) atoms. The van der Waals surface area contributed by atoms with Crippen LogP contribution in [0.25, 0.3) is 0 Å². The first kappa shape index (κ1) is 26.6. The molecule has 1 atom stereocenters. The number of carbonyl (C=O) groups excluding carboxylic acids is 1. The molecule has 0 heterocycles. The second-order valence-corrected chi connectivity index (χ2v) is 8.75. The van der Waals surface area contributed by atoms with Gasteiger partial charge >= 0.3 is 12.0 Å². The highest BCUT2D eigenvalue weighted by Crippen LogP contribution is 2.20. The molecule has 0 saturated carbocycles. The quantitative estimate of drug-likeness (QED) is 0.272. The average molecular weight is 439 g/mol. The van der Waals surface area contributed by atoms with Crippen LogP contribution in [0.2, 0.25) is 0 Å². The Balaban J connectivity index is 2.27. The summed E-state index contributed by atoms with van der Waals surface area (Å²) in [6.45, 7) is 4.31. The molecule has 0 aliphatic rings. The van der Waals surface area contributed by atoms with Gasteiger partial charge in [0.05, 0.1) is 53.4 Å². The van der Waals surface area contributed by atoms with Gasteiger partial charge in [0, 0.05) is 12.6 Å². The van der Waals surface area contributed by atoms with Crippen LogP contribution in [0, 0.1) is 0 Å². The molecule has 1 aromatic carbocycles. The second-order valence-electron chi connectivity index (χ2n) is 8.75. The topological polar surface area (TPSA) is 96.9 Å². The molecule has 0 aliphatic carbocycles. The number of aliphatic carboxylic acids is 1. The van der Waals surface area contributed by atoms with Crippen molar-refractivity contribution < 1.29 is 28.7 Å². The van der Waals surface area contributed by atoms with Crippen molar-refractivity contribution in [3.8, 4) is 11.5 Å². The fourth-order valence-electron chi connectivity index (χ4n) is 3.11. The number of carboxylic acids is 1. The number of likely N-dealkylation sites (N-methyl/N-ethyl adjacent to an activating group) is 1. The molecular formula is C23H40N3O5+. The molecule has 0 saturated heterocycles. The number of unbranched alkanes of at least 4 members (excludes halogenated alkanes) is 3. The van der Waals surface area contributed by atoms with Gasteiger partial charge in [0.1, 0.15) is 11.5 Å². The molecular weight excluding hydrogens is 398 g/mol. The first-order valence-electron chi connectivity index (χ1n) is 11.1. The number of hydrogen-bond donors (Lipinski definition) is 3. The minimum absolute atomic E-state index is 0.108. The Morgan fingerprint density at radius 3 is 2.26 bits per heavy atom. The van der Waals surface area contributed by atoms with Crippen LogP contribution in [0.3, 0.4) is 0 Å². The Morgan fingerprint density at radius 1 is 1.03 bits per heavy atom. The summed E-state index contributed by atoms with van der Waals surface area (Å²) in [5.74, 6) is 0.604. The summed E-state index contributed by atoms with van der Waals surface area (Å²) < 4.78 is 12.1. The van der Waals surface area contributed by atoms with Gasteiger partial charge < -0.3 is 29.7 Å². The molecule has 0 fully saturated rings. The highest BCUT2D eigenvalue weighted by Gasteiger charge is 2.22. The first-order valence-corrected chi connectivity index (χ1v) is 11.1. The molecule has 1 rings (SSSR count). The van der Waals surface area contributed by atoms with Crippen molar-refractivity contribution in [3.05, 3.63) is 24.3 Å². The van der Waals surface area contributed by atoms with Crippen molar-refractivity contribution in [3.63, 3.8) is 0 Å². The number of carboxylic acid groups (broad SMARTS) is 1. The summed E-state index contributed by atoms with van der Waals surface area (Å²) in [6, 6.07) is 6.78. The van der Waals surface area contributed by atoms with Crippen LogP contribution >= 0.6 is 0 Å². The molecule has 3 N–H and O–H groups in total. The standard InChI is InChI=1S/C23H39N3O5/c1-5-6-7-8-14-30-20-11-9-12-21(17-20)31-15-10-13-24-23(29)25-19(16-22(27)28)18-26(2,3)4/h9,11-12,17,19H,5-8,10,13-16,18H2,1-4H3,(H2-,24,25,27,28,29)/p+1. The van der Waals surface area contributed by atoms with Gasteiger partial charge in [-0.2, -0.15) is 0 Å². The van der Waals surface area contributed by atoms with Crippen molar-refractivity contribution >= 4 is 12.0 Å². The zero-order chi connectivity index (χ0) is 23.1. The summed E-state index contributed by atoms with van der Waals surface area (Å²) in [4.78, 5) is 23.1. The first-order chi connectivity index (χ1) is 14.7. The number of hydrogen-bond acceptors (Lipinski definition) is 4. The third-order valence-electron chi connectivity index (χ3n) is 4.47. The lowest BCUT2D eigenvalue weighted by molar-refractivity contribution is -0.871. The van der Waals surface area contributed by atoms with E-state index in [1.54, 1.807) is 0 Å². The maximum atomic E-state index is 12.1. The maximum absolute atomic E-state index is 12.1. The van der Waals surface area contributed by atoms with Crippen molar-refractivity contribution in [1.29, 1.82) is 0 Å². The van der Waals surface area contributed by atoms with Gasteiger partial charge in [-0.1, -0.05) is 32.3 Å². The Morgan fingerprint density at radius 2 is 1.68 bits per heavy atom. The Bertz CT molecular complexity index is 661. The highest BCUT2D eigenvalue weighted by molar-refractivity contribution is 5.75. The highest BCUT2D eigenvalue weighted by atomic mass is 16.5. The second kappa shape index (κ2) is 14.5. The zero-order valence-corrected chi connectivity index (χ0v) is 19.5. The van der Waals surface area contributed by atoms with Crippen molar-refractivity contribution in [2.75, 3.05) is 47.4 Å². The fraction of sp³-hybridized carbons (Fsp3) is 0.652. The number of quaternary nitrogens is 1. The molecule has 1 unspecified atom stereocenters. The van der Waals surface area contributed by atoms with E-state index in [2.05, 4.69) is 17.6 Å². The van der Waals surface area contributed by atoms with E-state index < -0.39 is 12.0 Å².